The Bertz CT molecular complexity index is 1510. The lowest BCUT2D eigenvalue weighted by Crippen LogP contribution is -2.55. The van der Waals surface area contributed by atoms with E-state index >= 15 is 0 Å². The van der Waals surface area contributed by atoms with Gasteiger partial charge in [0, 0.05) is 41.4 Å². The fourth-order valence-electron chi connectivity index (χ4n) is 4.19. The van der Waals surface area contributed by atoms with Crippen molar-refractivity contribution in [3.8, 4) is 0 Å². The number of ether oxygens (including phenoxy) is 7. The smallest absolute Gasteiger partial charge is 0.336 e. The molecule has 0 amide bonds. The van der Waals surface area contributed by atoms with Crippen LogP contribution in [0.5, 0.6) is 0 Å². The minimum atomic E-state index is -1.23. The van der Waals surface area contributed by atoms with Crippen molar-refractivity contribution in [2.24, 2.45) is 5.41 Å². The van der Waals surface area contributed by atoms with Crippen LogP contribution in [0.1, 0.15) is 45.4 Å². The summed E-state index contributed by atoms with van der Waals surface area (Å²) in [5.41, 5.74) is -4.09. The van der Waals surface area contributed by atoms with Gasteiger partial charge in [-0.25, -0.2) is 28.1 Å². The number of carbonyl (C=O) groups is 7. The zero-order chi connectivity index (χ0) is 45.5. The lowest BCUT2D eigenvalue weighted by atomic mass is 9.92. The van der Waals surface area contributed by atoms with Crippen molar-refractivity contribution in [3.05, 3.63) is 31.5 Å². The van der Waals surface area contributed by atoms with E-state index in [0.29, 0.717) is 17.3 Å². The van der Waals surface area contributed by atoms with Crippen molar-refractivity contribution in [2.75, 3.05) is 80.8 Å². The van der Waals surface area contributed by atoms with Gasteiger partial charge in [0.1, 0.15) is 51.7 Å². The first kappa shape index (κ1) is 56.8. The lowest BCUT2D eigenvalue weighted by Gasteiger charge is -2.31. The Morgan fingerprint density at radius 1 is 0.400 bits per heavy atom. The number of thiol groups is 6. The van der Waals surface area contributed by atoms with E-state index in [2.05, 4.69) is 75.8 Å². The average Bonchev–Trinajstić information content (AvgIpc) is 3.19. The topological polar surface area (TPSA) is 250 Å². The Morgan fingerprint density at radius 2 is 0.617 bits per heavy atom. The summed E-state index contributed by atoms with van der Waals surface area (Å²) in [4.78, 5) is 119. The Balaban J connectivity index is 0.00000119. The maximum atomic E-state index is 12.7. The van der Waals surface area contributed by atoms with Crippen LogP contribution in [0.25, 0.3) is 0 Å². The molecule has 0 atom stereocenters. The molecule has 0 spiro atoms. The van der Waals surface area contributed by atoms with Gasteiger partial charge in [0.15, 0.2) is 0 Å². The van der Waals surface area contributed by atoms with Gasteiger partial charge in [0.25, 0.3) is 0 Å². The van der Waals surface area contributed by atoms with Crippen LogP contribution in [0.15, 0.2) is 14.4 Å². The van der Waals surface area contributed by atoms with E-state index in [9.17, 15) is 47.9 Å². The van der Waals surface area contributed by atoms with Gasteiger partial charge in [0.2, 0.25) is 0 Å². The van der Waals surface area contributed by atoms with Crippen molar-refractivity contribution >= 4 is 118 Å². The molecule has 0 unspecified atom stereocenters. The van der Waals surface area contributed by atoms with E-state index in [1.54, 1.807) is 0 Å². The summed E-state index contributed by atoms with van der Waals surface area (Å²) in [7, 11) is 0. The molecule has 26 heteroatoms. The minimum absolute atomic E-state index is 0.0526. The highest BCUT2D eigenvalue weighted by atomic mass is 32.1. The summed E-state index contributed by atoms with van der Waals surface area (Å²) >= 11 is 23.6. The van der Waals surface area contributed by atoms with Crippen LogP contribution < -0.4 is 17.1 Å². The minimum Gasteiger partial charge on any atom is -0.465 e. The molecule has 0 aliphatic rings. The molecular formula is C34H53N3O17S6. The molecule has 20 nitrogen and oxygen atoms in total. The molecular weight excluding hydrogens is 915 g/mol. The molecule has 0 aliphatic heterocycles. The molecule has 1 aromatic rings. The number of aromatic nitrogens is 3. The van der Waals surface area contributed by atoms with Crippen LogP contribution in [-0.2, 0) is 86.4 Å². The van der Waals surface area contributed by atoms with Gasteiger partial charge in [-0.05, 0) is 0 Å². The molecule has 1 heterocycles. The van der Waals surface area contributed by atoms with Gasteiger partial charge in [-0.3, -0.25) is 33.6 Å². The normalized spacial score (nSPS) is 10.7. The molecule has 0 saturated carbocycles. The summed E-state index contributed by atoms with van der Waals surface area (Å²) in [6.45, 7) is -1.65. The number of rotatable bonds is 29. The number of esters is 7. The van der Waals surface area contributed by atoms with Crippen LogP contribution in [0.3, 0.4) is 0 Å². The Labute approximate surface area is 378 Å². The lowest BCUT2D eigenvalue weighted by molar-refractivity contribution is -0.169. The number of hydrogen-bond acceptors (Lipinski definition) is 23. The molecule has 0 N–H and O–H groups in total. The Kier molecular flexibility index (Phi) is 31.6. The number of nitrogens with zero attached hydrogens (tertiary/aromatic N) is 3. The molecule has 0 radical (unpaired) electrons. The zero-order valence-electron chi connectivity index (χ0n) is 33.0. The third kappa shape index (κ3) is 24.3. The van der Waals surface area contributed by atoms with Crippen molar-refractivity contribution in [2.45, 2.75) is 65.1 Å². The summed E-state index contributed by atoms with van der Waals surface area (Å²) in [5, 5.41) is 0. The highest BCUT2D eigenvalue weighted by Gasteiger charge is 2.37. The van der Waals surface area contributed by atoms with Gasteiger partial charge in [-0.2, -0.15) is 75.8 Å². The van der Waals surface area contributed by atoms with E-state index < -0.39 is 64.3 Å². The first-order valence-corrected chi connectivity index (χ1v) is 22.0. The monoisotopic (exact) mass is 967 g/mol. The number of hydrogen-bond donors (Lipinski definition) is 6. The van der Waals surface area contributed by atoms with Gasteiger partial charge in [-0.15, -0.1) is 0 Å². The SMILES string of the molecule is CC(=O)OCC(COC(=O)CCS)(COC(=O)CCS)COC(=O)CCS.O=C(CCS)OCCn1c(=O)n(CCOC(=O)CCS)c(=O)n(CCOC(=O)CCS)c1=O. The predicted octanol–water partition coefficient (Wildman–Crippen LogP) is -0.114. The fraction of sp³-hybridized carbons (Fsp3) is 0.706. The second-order valence-electron chi connectivity index (χ2n) is 12.1. The summed E-state index contributed by atoms with van der Waals surface area (Å²) in [6.07, 6.45) is 0.383. The molecule has 60 heavy (non-hydrogen) atoms. The quantitative estimate of drug-likeness (QED) is 0.0348. The molecule has 0 aliphatic carbocycles. The average molecular weight is 968 g/mol. The van der Waals surface area contributed by atoms with Crippen LogP contribution in [0.2, 0.25) is 0 Å². The maximum absolute atomic E-state index is 12.7. The van der Waals surface area contributed by atoms with Crippen molar-refractivity contribution in [3.63, 3.8) is 0 Å². The molecule has 342 valence electrons. The van der Waals surface area contributed by atoms with Crippen LogP contribution in [0, 0.1) is 5.41 Å². The van der Waals surface area contributed by atoms with E-state index in [0.717, 1.165) is 13.7 Å². The molecule has 0 bridgehead atoms. The second kappa shape index (κ2) is 33.4. The van der Waals surface area contributed by atoms with Crippen LogP contribution in [-0.4, -0.2) is 136 Å². The summed E-state index contributed by atoms with van der Waals surface area (Å²) in [6, 6.07) is 0. The van der Waals surface area contributed by atoms with Gasteiger partial charge < -0.3 is 33.2 Å². The molecule has 1 aromatic heterocycles. The first-order chi connectivity index (χ1) is 28.5. The largest absolute Gasteiger partial charge is 0.465 e. The molecule has 1 rings (SSSR count). The second-order valence-corrected chi connectivity index (χ2v) is 14.8. The van der Waals surface area contributed by atoms with Crippen LogP contribution in [0.4, 0.5) is 0 Å². The standard InChI is InChI=1S/C18H27N3O9S3.C16H26O8S3/c22-13(1-10-31)28-7-4-19-16(25)20(5-8-29-14(23)2-11-32)18(27)21(17(19)26)6-9-30-15(24)3-12-33;1-12(17)21-8-16(9-22-13(18)2-5-25,10-23-14(19)3-6-26)11-24-15(20)4-7-27/h31-33H,1-12H2;25-27H,2-11H2,1H3. The van der Waals surface area contributed by atoms with E-state index in [-0.39, 0.29) is 122 Å². The van der Waals surface area contributed by atoms with Crippen molar-refractivity contribution < 1.29 is 66.7 Å². The fourth-order valence-corrected chi connectivity index (χ4v) is 5.29. The van der Waals surface area contributed by atoms with Crippen molar-refractivity contribution in [1.82, 2.24) is 13.7 Å². The Hall–Kier alpha value is -3.20. The van der Waals surface area contributed by atoms with Crippen molar-refractivity contribution in [1.29, 1.82) is 0 Å². The van der Waals surface area contributed by atoms with Gasteiger partial charge in [0.05, 0.1) is 58.2 Å². The van der Waals surface area contributed by atoms with E-state index in [1.165, 1.54) is 6.92 Å². The van der Waals surface area contributed by atoms with E-state index in [4.69, 9.17) is 33.2 Å². The zero-order valence-corrected chi connectivity index (χ0v) is 38.4. The molecule has 0 aromatic carbocycles. The molecule has 0 saturated heterocycles. The third-order valence-corrected chi connectivity index (χ3v) is 8.56. The summed E-state index contributed by atoms with van der Waals surface area (Å²) in [5.74, 6) is -2.13. The van der Waals surface area contributed by atoms with E-state index in [1.807, 2.05) is 0 Å². The van der Waals surface area contributed by atoms with Gasteiger partial charge >= 0.3 is 58.9 Å². The third-order valence-electron chi connectivity index (χ3n) is 7.21. The first-order valence-electron chi connectivity index (χ1n) is 18.2. The number of carbonyl (C=O) groups excluding carboxylic acids is 7. The highest BCUT2D eigenvalue weighted by molar-refractivity contribution is 7.81. The van der Waals surface area contributed by atoms with Crippen LogP contribution >= 0.6 is 75.8 Å². The predicted molar refractivity (Wildman–Crippen MR) is 235 cm³/mol. The highest BCUT2D eigenvalue weighted by Crippen LogP contribution is 2.22. The van der Waals surface area contributed by atoms with Gasteiger partial charge in [-0.1, -0.05) is 0 Å². The summed E-state index contributed by atoms with van der Waals surface area (Å²) < 4.78 is 37.6. The molecule has 0 fully saturated rings. The Morgan fingerprint density at radius 3 is 0.833 bits per heavy atom. The maximum Gasteiger partial charge on any atom is 0.336 e.